The van der Waals surface area contributed by atoms with Crippen LogP contribution in [-0.2, 0) is 6.54 Å². The summed E-state index contributed by atoms with van der Waals surface area (Å²) in [6.45, 7) is 2.29. The lowest BCUT2D eigenvalue weighted by molar-refractivity contribution is 0.826. The van der Waals surface area contributed by atoms with Gasteiger partial charge in [-0.1, -0.05) is 17.7 Å². The van der Waals surface area contributed by atoms with Gasteiger partial charge in [0, 0.05) is 5.02 Å². The summed E-state index contributed by atoms with van der Waals surface area (Å²) >= 11 is 6.02. The molecule has 0 aliphatic rings. The first-order valence-corrected chi connectivity index (χ1v) is 4.96. The van der Waals surface area contributed by atoms with Crippen molar-refractivity contribution in [2.45, 2.75) is 13.5 Å². The van der Waals surface area contributed by atoms with E-state index in [0.29, 0.717) is 12.4 Å². The van der Waals surface area contributed by atoms with Gasteiger partial charge < -0.3 is 5.73 Å². The van der Waals surface area contributed by atoms with Crippen molar-refractivity contribution in [2.75, 3.05) is 0 Å². The molecule has 1 heterocycles. The zero-order valence-corrected chi connectivity index (χ0v) is 9.07. The topological polar surface area (TPSA) is 56.7 Å². The lowest BCUT2D eigenvalue weighted by atomic mass is 10.2. The maximum absolute atomic E-state index is 6.02. The van der Waals surface area contributed by atoms with Gasteiger partial charge in [0.05, 0.1) is 12.2 Å². The zero-order valence-electron chi connectivity index (χ0n) is 8.31. The summed E-state index contributed by atoms with van der Waals surface area (Å²) in [6.07, 6.45) is 1.64. The van der Waals surface area contributed by atoms with Gasteiger partial charge in [-0.3, -0.25) is 0 Å². The highest BCUT2D eigenvalue weighted by Crippen LogP contribution is 2.21. The summed E-state index contributed by atoms with van der Waals surface area (Å²) in [5.74, 6) is 0.620. The Morgan fingerprint density at radius 3 is 2.93 bits per heavy atom. The van der Waals surface area contributed by atoms with Gasteiger partial charge in [0.2, 0.25) is 0 Å². The number of benzene rings is 1. The van der Waals surface area contributed by atoms with Crippen LogP contribution in [0.2, 0.25) is 5.02 Å². The van der Waals surface area contributed by atoms with Gasteiger partial charge in [-0.2, -0.15) is 0 Å². The van der Waals surface area contributed by atoms with Gasteiger partial charge >= 0.3 is 0 Å². The summed E-state index contributed by atoms with van der Waals surface area (Å²) in [4.78, 5) is 4.07. The number of hydrogen-bond acceptors (Lipinski definition) is 3. The van der Waals surface area contributed by atoms with E-state index in [-0.39, 0.29) is 0 Å². The van der Waals surface area contributed by atoms with Crippen molar-refractivity contribution in [3.8, 4) is 5.69 Å². The van der Waals surface area contributed by atoms with Crippen molar-refractivity contribution in [3.63, 3.8) is 0 Å². The van der Waals surface area contributed by atoms with Crippen LogP contribution in [0.4, 0.5) is 0 Å². The molecular formula is C10H11ClN4. The van der Waals surface area contributed by atoms with Gasteiger partial charge in [-0.05, 0) is 24.6 Å². The lowest BCUT2D eigenvalue weighted by Crippen LogP contribution is -2.02. The number of aromatic nitrogens is 3. The Bertz CT molecular complexity index is 478. The molecule has 1 aromatic heterocycles. The molecule has 5 heteroatoms. The maximum Gasteiger partial charge on any atom is 0.164 e. The minimum atomic E-state index is 0.340. The second-order valence-electron chi connectivity index (χ2n) is 3.19. The van der Waals surface area contributed by atoms with Gasteiger partial charge in [0.1, 0.15) is 6.33 Å². The molecule has 0 fully saturated rings. The van der Waals surface area contributed by atoms with Crippen molar-refractivity contribution < 1.29 is 0 Å². The Balaban J connectivity index is 2.49. The van der Waals surface area contributed by atoms with Crippen LogP contribution in [0.5, 0.6) is 0 Å². The van der Waals surface area contributed by atoms with Crippen molar-refractivity contribution in [1.82, 2.24) is 14.8 Å². The standard InChI is InChI=1S/C10H11ClN4/c1-7-8(11)3-2-4-9(7)15-6-13-10(5-12)14-15/h2-4,6H,5,12H2,1H3. The molecule has 1 aromatic carbocycles. The quantitative estimate of drug-likeness (QED) is 0.841. The number of nitrogens with two attached hydrogens (primary N) is 1. The highest BCUT2D eigenvalue weighted by Gasteiger charge is 2.06. The van der Waals surface area contributed by atoms with Gasteiger partial charge in [0.15, 0.2) is 5.82 Å². The van der Waals surface area contributed by atoms with Crippen LogP contribution in [0.15, 0.2) is 24.5 Å². The van der Waals surface area contributed by atoms with E-state index in [1.54, 1.807) is 11.0 Å². The fourth-order valence-corrected chi connectivity index (χ4v) is 1.52. The molecule has 0 saturated carbocycles. The Morgan fingerprint density at radius 2 is 2.27 bits per heavy atom. The maximum atomic E-state index is 6.02. The zero-order chi connectivity index (χ0) is 10.8. The Hall–Kier alpha value is -1.39. The summed E-state index contributed by atoms with van der Waals surface area (Å²) in [5.41, 5.74) is 7.35. The van der Waals surface area contributed by atoms with Crippen molar-refractivity contribution in [2.24, 2.45) is 5.73 Å². The molecule has 0 spiro atoms. The molecule has 0 aliphatic carbocycles. The Morgan fingerprint density at radius 1 is 1.47 bits per heavy atom. The van der Waals surface area contributed by atoms with E-state index in [0.717, 1.165) is 16.3 Å². The molecule has 2 aromatic rings. The molecule has 2 rings (SSSR count). The van der Waals surface area contributed by atoms with Gasteiger partial charge in [-0.25, -0.2) is 9.67 Å². The second-order valence-corrected chi connectivity index (χ2v) is 3.60. The molecule has 0 bridgehead atoms. The normalized spacial score (nSPS) is 10.6. The smallest absolute Gasteiger partial charge is 0.164 e. The fraction of sp³-hybridized carbons (Fsp3) is 0.200. The third kappa shape index (κ3) is 1.86. The molecule has 0 unspecified atom stereocenters. The fourth-order valence-electron chi connectivity index (χ4n) is 1.35. The number of halogens is 1. The number of rotatable bonds is 2. The largest absolute Gasteiger partial charge is 0.324 e. The van der Waals surface area contributed by atoms with Crippen molar-refractivity contribution in [1.29, 1.82) is 0 Å². The second kappa shape index (κ2) is 4.00. The van der Waals surface area contributed by atoms with E-state index in [2.05, 4.69) is 10.1 Å². The molecule has 0 aliphatic heterocycles. The van der Waals surface area contributed by atoms with Crippen molar-refractivity contribution in [3.05, 3.63) is 40.9 Å². The number of nitrogens with zero attached hydrogens (tertiary/aromatic N) is 3. The van der Waals surface area contributed by atoms with Crippen LogP contribution in [-0.4, -0.2) is 14.8 Å². The molecule has 15 heavy (non-hydrogen) atoms. The van der Waals surface area contributed by atoms with Crippen LogP contribution < -0.4 is 5.73 Å². The van der Waals surface area contributed by atoms with E-state index in [1.807, 2.05) is 25.1 Å². The van der Waals surface area contributed by atoms with Crippen LogP contribution in [0, 0.1) is 6.92 Å². The molecule has 0 atom stereocenters. The summed E-state index contributed by atoms with van der Waals surface area (Å²) < 4.78 is 1.68. The van der Waals surface area contributed by atoms with Gasteiger partial charge in [-0.15, -0.1) is 5.10 Å². The Labute approximate surface area is 92.7 Å². The monoisotopic (exact) mass is 222 g/mol. The molecule has 2 N–H and O–H groups in total. The van der Waals surface area contributed by atoms with E-state index < -0.39 is 0 Å². The summed E-state index contributed by atoms with van der Waals surface area (Å²) in [6, 6.07) is 5.67. The van der Waals surface area contributed by atoms with E-state index in [4.69, 9.17) is 17.3 Å². The van der Waals surface area contributed by atoms with Crippen LogP contribution in [0.25, 0.3) is 5.69 Å². The van der Waals surface area contributed by atoms with Crippen molar-refractivity contribution >= 4 is 11.6 Å². The highest BCUT2D eigenvalue weighted by atomic mass is 35.5. The number of hydrogen-bond donors (Lipinski definition) is 1. The average Bonchev–Trinajstić information content (AvgIpc) is 2.70. The van der Waals surface area contributed by atoms with E-state index >= 15 is 0 Å². The third-order valence-corrected chi connectivity index (χ3v) is 2.62. The summed E-state index contributed by atoms with van der Waals surface area (Å²) in [5, 5.41) is 4.94. The molecule has 0 saturated heterocycles. The molecule has 0 radical (unpaired) electrons. The first-order chi connectivity index (χ1) is 7.22. The predicted molar refractivity (Wildman–Crippen MR) is 59.0 cm³/mol. The van der Waals surface area contributed by atoms with Crippen LogP contribution >= 0.6 is 11.6 Å². The molecule has 4 nitrogen and oxygen atoms in total. The third-order valence-electron chi connectivity index (χ3n) is 2.21. The van der Waals surface area contributed by atoms with Gasteiger partial charge in [0.25, 0.3) is 0 Å². The van der Waals surface area contributed by atoms with Crippen LogP contribution in [0.3, 0.4) is 0 Å². The minimum Gasteiger partial charge on any atom is -0.324 e. The first-order valence-electron chi connectivity index (χ1n) is 4.58. The van der Waals surface area contributed by atoms with E-state index in [9.17, 15) is 0 Å². The molecule has 0 amide bonds. The highest BCUT2D eigenvalue weighted by molar-refractivity contribution is 6.31. The Kier molecular flexibility index (Phi) is 2.70. The summed E-state index contributed by atoms with van der Waals surface area (Å²) in [7, 11) is 0. The molecular weight excluding hydrogens is 212 g/mol. The lowest BCUT2D eigenvalue weighted by Gasteiger charge is -2.05. The predicted octanol–water partition coefficient (Wildman–Crippen LogP) is 1.69. The minimum absolute atomic E-state index is 0.340. The van der Waals surface area contributed by atoms with E-state index in [1.165, 1.54) is 0 Å². The first kappa shape index (κ1) is 10.1. The van der Waals surface area contributed by atoms with Crippen LogP contribution in [0.1, 0.15) is 11.4 Å². The SMILES string of the molecule is Cc1c(Cl)cccc1-n1cnc(CN)n1. The molecule has 78 valence electrons. The average molecular weight is 223 g/mol.